The fraction of sp³-hybridized carbons (Fsp3) is 0.682. The summed E-state index contributed by atoms with van der Waals surface area (Å²) in [5.41, 5.74) is -0.0539. The highest BCUT2D eigenvalue weighted by Gasteiger charge is 2.19. The Morgan fingerprint density at radius 1 is 0.676 bits per heavy atom. The van der Waals surface area contributed by atoms with E-state index in [2.05, 4.69) is 0 Å². The van der Waals surface area contributed by atoms with Gasteiger partial charge in [0.25, 0.3) is 10.1 Å². The third-order valence-corrected chi connectivity index (χ3v) is 5.14. The van der Waals surface area contributed by atoms with Gasteiger partial charge in [0.2, 0.25) is 0 Å². The summed E-state index contributed by atoms with van der Waals surface area (Å²) < 4.78 is 68.8. The van der Waals surface area contributed by atoms with Gasteiger partial charge in [0.1, 0.15) is 4.90 Å². The van der Waals surface area contributed by atoms with Crippen molar-refractivity contribution in [1.29, 1.82) is 0 Å². The van der Waals surface area contributed by atoms with Gasteiger partial charge in [-0.1, -0.05) is 18.2 Å². The second kappa shape index (κ2) is 19.8. The second-order valence-corrected chi connectivity index (χ2v) is 8.20. The summed E-state index contributed by atoms with van der Waals surface area (Å²) in [7, 11) is -2.83. The van der Waals surface area contributed by atoms with Crippen molar-refractivity contribution in [1.82, 2.24) is 0 Å². The van der Waals surface area contributed by atoms with Gasteiger partial charge >= 0.3 is 0 Å². The van der Waals surface area contributed by atoms with Crippen molar-refractivity contribution in [3.8, 4) is 0 Å². The molecule has 12 heteroatoms. The number of ketones is 1. The first-order valence-corrected chi connectivity index (χ1v) is 12.5. The van der Waals surface area contributed by atoms with E-state index in [-0.39, 0.29) is 25.2 Å². The summed E-state index contributed by atoms with van der Waals surface area (Å²) in [6.07, 6.45) is -0.0111. The lowest BCUT2D eigenvalue weighted by Gasteiger charge is -2.08. The van der Waals surface area contributed by atoms with Crippen LogP contribution in [0.5, 0.6) is 0 Å². The third-order valence-electron chi connectivity index (χ3n) is 4.23. The molecular formula is C22H36O11S. The summed E-state index contributed by atoms with van der Waals surface area (Å²) in [6, 6.07) is 5.51. The molecule has 196 valence electrons. The van der Waals surface area contributed by atoms with Crippen LogP contribution in [0.4, 0.5) is 0 Å². The normalized spacial score (nSPS) is 11.7. The molecule has 0 spiro atoms. The molecule has 0 unspecified atom stereocenters. The number of hydrogen-bond donors (Lipinski definition) is 1. The fourth-order valence-corrected chi connectivity index (χ4v) is 3.28. The van der Waals surface area contributed by atoms with Crippen molar-refractivity contribution in [3.63, 3.8) is 0 Å². The molecule has 1 aromatic carbocycles. The van der Waals surface area contributed by atoms with Gasteiger partial charge in [-0.3, -0.25) is 9.35 Å². The van der Waals surface area contributed by atoms with Gasteiger partial charge in [-0.05, 0) is 6.07 Å². The first kappa shape index (κ1) is 30.6. The highest BCUT2D eigenvalue weighted by atomic mass is 32.2. The predicted octanol–water partition coefficient (Wildman–Crippen LogP) is 1.25. The SMILES string of the molecule is COCCOCCOCCOCCOCCOCCOCCC(=O)c1ccccc1S(=O)(=O)O. The molecular weight excluding hydrogens is 472 g/mol. The van der Waals surface area contributed by atoms with Gasteiger partial charge in [0.05, 0.1) is 85.9 Å². The van der Waals surface area contributed by atoms with Crippen LogP contribution in [0, 0.1) is 0 Å². The van der Waals surface area contributed by atoms with Crippen LogP contribution in [0.2, 0.25) is 0 Å². The number of ether oxygens (including phenoxy) is 7. The number of Topliss-reactive ketones (excluding diaryl/α,β-unsaturated/α-hetero) is 1. The minimum Gasteiger partial charge on any atom is -0.382 e. The van der Waals surface area contributed by atoms with E-state index < -0.39 is 20.8 Å². The Bertz CT molecular complexity index is 755. The lowest BCUT2D eigenvalue weighted by molar-refractivity contribution is -0.0190. The lowest BCUT2D eigenvalue weighted by Crippen LogP contribution is -2.15. The molecule has 0 atom stereocenters. The molecule has 0 heterocycles. The number of hydrogen-bond acceptors (Lipinski definition) is 10. The number of rotatable bonds is 23. The Balaban J connectivity index is 1.88. The Morgan fingerprint density at radius 3 is 1.47 bits per heavy atom. The quantitative estimate of drug-likeness (QED) is 0.130. The Kier molecular flexibility index (Phi) is 17.8. The second-order valence-electron chi connectivity index (χ2n) is 6.81. The molecule has 0 saturated heterocycles. The summed E-state index contributed by atoms with van der Waals surface area (Å²) in [5.74, 6) is -0.428. The molecule has 0 aliphatic rings. The van der Waals surface area contributed by atoms with Gasteiger partial charge in [-0.2, -0.15) is 8.42 Å². The number of carbonyl (C=O) groups excluding carboxylic acids is 1. The van der Waals surface area contributed by atoms with Crippen molar-refractivity contribution in [3.05, 3.63) is 29.8 Å². The molecule has 0 amide bonds. The van der Waals surface area contributed by atoms with E-state index in [1.165, 1.54) is 24.3 Å². The molecule has 0 aliphatic heterocycles. The summed E-state index contributed by atoms with van der Waals surface area (Å²) in [5, 5.41) is 0. The van der Waals surface area contributed by atoms with E-state index in [1.54, 1.807) is 7.11 Å². The van der Waals surface area contributed by atoms with Gasteiger partial charge < -0.3 is 33.2 Å². The van der Waals surface area contributed by atoms with E-state index in [0.29, 0.717) is 72.7 Å². The molecule has 11 nitrogen and oxygen atoms in total. The molecule has 0 radical (unpaired) electrons. The molecule has 0 bridgehead atoms. The number of carbonyl (C=O) groups is 1. The van der Waals surface area contributed by atoms with E-state index in [4.69, 9.17) is 33.2 Å². The zero-order chi connectivity index (χ0) is 24.9. The maximum absolute atomic E-state index is 12.2. The van der Waals surface area contributed by atoms with E-state index in [9.17, 15) is 17.8 Å². The first-order valence-electron chi connectivity index (χ1n) is 11.0. The summed E-state index contributed by atoms with van der Waals surface area (Å²) in [4.78, 5) is 11.8. The smallest absolute Gasteiger partial charge is 0.295 e. The topological polar surface area (TPSA) is 136 Å². The predicted molar refractivity (Wildman–Crippen MR) is 122 cm³/mol. The van der Waals surface area contributed by atoms with Crippen LogP contribution in [0.15, 0.2) is 29.2 Å². The van der Waals surface area contributed by atoms with Crippen molar-refractivity contribution < 1.29 is 50.9 Å². The average Bonchev–Trinajstić information content (AvgIpc) is 2.82. The van der Waals surface area contributed by atoms with Crippen LogP contribution < -0.4 is 0 Å². The van der Waals surface area contributed by atoms with Crippen LogP contribution in [-0.4, -0.2) is 112 Å². The van der Waals surface area contributed by atoms with Crippen molar-refractivity contribution in [2.45, 2.75) is 11.3 Å². The van der Waals surface area contributed by atoms with Crippen LogP contribution in [-0.2, 0) is 43.3 Å². The van der Waals surface area contributed by atoms with Gasteiger partial charge in [0.15, 0.2) is 5.78 Å². The van der Waals surface area contributed by atoms with E-state index >= 15 is 0 Å². The molecule has 34 heavy (non-hydrogen) atoms. The van der Waals surface area contributed by atoms with Crippen LogP contribution in [0.3, 0.4) is 0 Å². The zero-order valence-corrected chi connectivity index (χ0v) is 20.5. The van der Waals surface area contributed by atoms with Crippen LogP contribution in [0.25, 0.3) is 0 Å². The maximum atomic E-state index is 12.2. The average molecular weight is 509 g/mol. The van der Waals surface area contributed by atoms with Gasteiger partial charge in [-0.15, -0.1) is 0 Å². The Labute approximate surface area is 201 Å². The van der Waals surface area contributed by atoms with Gasteiger partial charge in [-0.25, -0.2) is 0 Å². The number of benzene rings is 1. The zero-order valence-electron chi connectivity index (χ0n) is 19.6. The van der Waals surface area contributed by atoms with Gasteiger partial charge in [0, 0.05) is 19.1 Å². The highest BCUT2D eigenvalue weighted by molar-refractivity contribution is 7.86. The minimum atomic E-state index is -4.46. The molecule has 0 fully saturated rings. The molecule has 1 aromatic rings. The van der Waals surface area contributed by atoms with E-state index in [0.717, 1.165) is 0 Å². The van der Waals surface area contributed by atoms with Crippen molar-refractivity contribution in [2.24, 2.45) is 0 Å². The van der Waals surface area contributed by atoms with Crippen LogP contribution in [0.1, 0.15) is 16.8 Å². The molecule has 1 N–H and O–H groups in total. The highest BCUT2D eigenvalue weighted by Crippen LogP contribution is 2.16. The molecule has 0 aromatic heterocycles. The first-order chi connectivity index (χ1) is 16.5. The minimum absolute atomic E-state index is 0.0111. The Morgan fingerprint density at radius 2 is 1.06 bits per heavy atom. The summed E-state index contributed by atoms with van der Waals surface area (Å²) >= 11 is 0. The molecule has 1 rings (SSSR count). The molecule has 0 aliphatic carbocycles. The maximum Gasteiger partial charge on any atom is 0.295 e. The fourth-order valence-electron chi connectivity index (χ4n) is 2.57. The lowest BCUT2D eigenvalue weighted by atomic mass is 10.1. The van der Waals surface area contributed by atoms with Crippen molar-refractivity contribution in [2.75, 3.05) is 93.0 Å². The van der Waals surface area contributed by atoms with Crippen LogP contribution >= 0.6 is 0 Å². The summed E-state index contributed by atoms with van der Waals surface area (Å²) in [6.45, 7) is 5.63. The number of methoxy groups -OCH3 is 1. The standard InChI is InChI=1S/C22H36O11S/c1-27-8-9-29-12-13-31-16-17-33-19-18-32-15-14-30-11-10-28-7-6-21(23)20-4-2-3-5-22(20)34(24,25)26/h2-5H,6-19H2,1H3,(H,24,25,26). The molecule has 0 saturated carbocycles. The Hall–Kier alpha value is -1.48. The monoisotopic (exact) mass is 508 g/mol. The third kappa shape index (κ3) is 15.4. The van der Waals surface area contributed by atoms with E-state index in [1.807, 2.05) is 0 Å². The van der Waals surface area contributed by atoms with Crippen molar-refractivity contribution >= 4 is 15.9 Å². The largest absolute Gasteiger partial charge is 0.382 e.